The van der Waals surface area contributed by atoms with E-state index in [1.807, 2.05) is 0 Å². The number of nitrogens with zero attached hydrogens (tertiary/aromatic N) is 2. The number of nitro benzene ring substituents is 1. The van der Waals surface area contributed by atoms with Crippen LogP contribution in [0.15, 0.2) is 28.9 Å². The summed E-state index contributed by atoms with van der Waals surface area (Å²) < 4.78 is 6.01. The first-order valence-electron chi connectivity index (χ1n) is 5.11. The van der Waals surface area contributed by atoms with E-state index < -0.39 is 4.92 Å². The fraction of sp³-hybridized carbons (Fsp3) is 0. The Morgan fingerprint density at radius 2 is 1.95 bits per heavy atom. The molecule has 0 bridgehead atoms. The second kappa shape index (κ2) is 5.82. The standard InChI is InChI=1S/C11H6BrCl2N3O3/c12-5-1-8(15)11(16-4-5)20-10-3-7(14)6(13)2-9(10)17(18)19/h1-4H,15H2. The number of hydrogen-bond donors (Lipinski definition) is 1. The van der Waals surface area contributed by atoms with Crippen molar-refractivity contribution in [2.45, 2.75) is 0 Å². The molecule has 0 fully saturated rings. The Labute approximate surface area is 131 Å². The van der Waals surface area contributed by atoms with Crippen LogP contribution in [-0.2, 0) is 0 Å². The number of hydrogen-bond acceptors (Lipinski definition) is 5. The van der Waals surface area contributed by atoms with Crippen LogP contribution in [0, 0.1) is 10.1 Å². The van der Waals surface area contributed by atoms with Gasteiger partial charge in [0.1, 0.15) is 0 Å². The zero-order chi connectivity index (χ0) is 14.9. The first kappa shape index (κ1) is 14.8. The molecule has 2 rings (SSSR count). The minimum Gasteiger partial charge on any atom is -0.430 e. The summed E-state index contributed by atoms with van der Waals surface area (Å²) in [5.41, 5.74) is 5.61. The van der Waals surface area contributed by atoms with Crippen LogP contribution in [-0.4, -0.2) is 9.91 Å². The summed E-state index contributed by atoms with van der Waals surface area (Å²) in [6.45, 7) is 0. The van der Waals surface area contributed by atoms with Crippen LogP contribution in [0.25, 0.3) is 0 Å². The van der Waals surface area contributed by atoms with E-state index in [1.165, 1.54) is 12.3 Å². The number of nitrogens with two attached hydrogens (primary N) is 1. The Balaban J connectivity index is 2.47. The molecule has 0 spiro atoms. The lowest BCUT2D eigenvalue weighted by Crippen LogP contribution is -1.98. The van der Waals surface area contributed by atoms with Crippen LogP contribution in [0.4, 0.5) is 11.4 Å². The SMILES string of the molecule is Nc1cc(Br)cnc1Oc1cc(Cl)c(Cl)cc1[N+](=O)[O-]. The van der Waals surface area contributed by atoms with Crippen molar-refractivity contribution in [1.29, 1.82) is 0 Å². The maximum absolute atomic E-state index is 11.0. The number of aromatic nitrogens is 1. The summed E-state index contributed by atoms with van der Waals surface area (Å²) >= 11 is 14.8. The molecule has 20 heavy (non-hydrogen) atoms. The molecule has 104 valence electrons. The lowest BCUT2D eigenvalue weighted by Gasteiger charge is -2.08. The smallest absolute Gasteiger partial charge is 0.313 e. The molecular weight excluding hydrogens is 373 g/mol. The lowest BCUT2D eigenvalue weighted by atomic mass is 10.3. The number of rotatable bonds is 3. The van der Waals surface area contributed by atoms with Crippen molar-refractivity contribution < 1.29 is 9.66 Å². The van der Waals surface area contributed by atoms with Gasteiger partial charge in [0.05, 0.1) is 20.7 Å². The highest BCUT2D eigenvalue weighted by atomic mass is 79.9. The van der Waals surface area contributed by atoms with Gasteiger partial charge in [0, 0.05) is 22.8 Å². The number of nitro groups is 1. The summed E-state index contributed by atoms with van der Waals surface area (Å²) in [6, 6.07) is 3.91. The van der Waals surface area contributed by atoms with Gasteiger partial charge in [0.15, 0.2) is 0 Å². The van der Waals surface area contributed by atoms with E-state index in [2.05, 4.69) is 20.9 Å². The van der Waals surface area contributed by atoms with Crippen molar-refractivity contribution in [3.05, 3.63) is 49.0 Å². The van der Waals surface area contributed by atoms with E-state index in [9.17, 15) is 10.1 Å². The summed E-state index contributed by atoms with van der Waals surface area (Å²) in [4.78, 5) is 14.3. The molecule has 2 aromatic rings. The highest BCUT2D eigenvalue weighted by molar-refractivity contribution is 9.10. The molecule has 6 nitrogen and oxygen atoms in total. The normalized spacial score (nSPS) is 10.3. The topological polar surface area (TPSA) is 91.3 Å². The van der Waals surface area contributed by atoms with Gasteiger partial charge in [-0.3, -0.25) is 10.1 Å². The van der Waals surface area contributed by atoms with Gasteiger partial charge in [-0.1, -0.05) is 23.2 Å². The summed E-state index contributed by atoms with van der Waals surface area (Å²) in [5.74, 6) is -0.0550. The zero-order valence-corrected chi connectivity index (χ0v) is 12.7. The predicted molar refractivity (Wildman–Crippen MR) is 79.5 cm³/mol. The molecular formula is C11H6BrCl2N3O3. The van der Waals surface area contributed by atoms with E-state index >= 15 is 0 Å². The summed E-state index contributed by atoms with van der Waals surface area (Å²) in [6.07, 6.45) is 1.45. The molecule has 0 aliphatic rings. The number of ether oxygens (including phenoxy) is 1. The van der Waals surface area contributed by atoms with Gasteiger partial charge in [-0.2, -0.15) is 0 Å². The van der Waals surface area contributed by atoms with Crippen LogP contribution >= 0.6 is 39.1 Å². The average Bonchev–Trinajstić information content (AvgIpc) is 2.36. The van der Waals surface area contributed by atoms with Crippen molar-refractivity contribution in [3.8, 4) is 11.6 Å². The fourth-order valence-corrected chi connectivity index (χ4v) is 2.03. The third kappa shape index (κ3) is 3.12. The van der Waals surface area contributed by atoms with Crippen LogP contribution < -0.4 is 10.5 Å². The molecule has 1 heterocycles. The molecule has 0 saturated carbocycles. The number of benzene rings is 1. The maximum atomic E-state index is 11.0. The van der Waals surface area contributed by atoms with E-state index in [1.54, 1.807) is 6.07 Å². The number of pyridine rings is 1. The monoisotopic (exact) mass is 377 g/mol. The van der Waals surface area contributed by atoms with E-state index in [-0.39, 0.29) is 33.0 Å². The van der Waals surface area contributed by atoms with Gasteiger partial charge in [0.2, 0.25) is 11.6 Å². The van der Waals surface area contributed by atoms with Crippen LogP contribution in [0.3, 0.4) is 0 Å². The van der Waals surface area contributed by atoms with Crippen molar-refractivity contribution in [1.82, 2.24) is 4.98 Å². The minimum atomic E-state index is -0.632. The van der Waals surface area contributed by atoms with E-state index in [0.717, 1.165) is 6.07 Å². The quantitative estimate of drug-likeness (QED) is 0.629. The lowest BCUT2D eigenvalue weighted by molar-refractivity contribution is -0.385. The summed E-state index contributed by atoms with van der Waals surface area (Å²) in [7, 11) is 0. The van der Waals surface area contributed by atoms with Gasteiger partial charge >= 0.3 is 5.69 Å². The number of anilines is 1. The Kier molecular flexibility index (Phi) is 4.32. The number of halogens is 3. The Bertz CT molecular complexity index is 697. The first-order chi connectivity index (χ1) is 9.38. The molecule has 1 aromatic heterocycles. The van der Waals surface area contributed by atoms with E-state index in [0.29, 0.717) is 4.47 Å². The fourth-order valence-electron chi connectivity index (χ4n) is 1.37. The molecule has 0 aliphatic carbocycles. The zero-order valence-electron chi connectivity index (χ0n) is 9.64. The highest BCUT2D eigenvalue weighted by Crippen LogP contribution is 2.38. The second-order valence-corrected chi connectivity index (χ2v) is 5.37. The van der Waals surface area contributed by atoms with Crippen LogP contribution in [0.1, 0.15) is 0 Å². The largest absolute Gasteiger partial charge is 0.430 e. The average molecular weight is 379 g/mol. The first-order valence-corrected chi connectivity index (χ1v) is 6.65. The minimum absolute atomic E-state index is 0.0367. The third-order valence-electron chi connectivity index (χ3n) is 2.25. The third-order valence-corrected chi connectivity index (χ3v) is 3.41. The van der Waals surface area contributed by atoms with Gasteiger partial charge in [0.25, 0.3) is 0 Å². The predicted octanol–water partition coefficient (Wildman–Crippen LogP) is 4.43. The van der Waals surface area contributed by atoms with Crippen molar-refractivity contribution in [2.24, 2.45) is 0 Å². The molecule has 0 saturated heterocycles. The maximum Gasteiger partial charge on any atom is 0.313 e. The molecule has 0 atom stereocenters. The Hall–Kier alpha value is -1.57. The van der Waals surface area contributed by atoms with Gasteiger partial charge < -0.3 is 10.5 Å². The Morgan fingerprint density at radius 3 is 2.55 bits per heavy atom. The molecule has 0 aliphatic heterocycles. The molecule has 0 unspecified atom stereocenters. The summed E-state index contributed by atoms with van der Waals surface area (Å²) in [5, 5.41) is 11.2. The van der Waals surface area contributed by atoms with Crippen molar-refractivity contribution >= 4 is 50.5 Å². The van der Waals surface area contributed by atoms with E-state index in [4.69, 9.17) is 33.7 Å². The molecule has 0 radical (unpaired) electrons. The van der Waals surface area contributed by atoms with Crippen molar-refractivity contribution in [3.63, 3.8) is 0 Å². The molecule has 1 aromatic carbocycles. The second-order valence-electron chi connectivity index (χ2n) is 3.64. The number of nitrogen functional groups attached to an aromatic ring is 1. The van der Waals surface area contributed by atoms with Crippen LogP contribution in [0.5, 0.6) is 11.6 Å². The highest BCUT2D eigenvalue weighted by Gasteiger charge is 2.20. The van der Waals surface area contributed by atoms with Crippen LogP contribution in [0.2, 0.25) is 10.0 Å². The van der Waals surface area contributed by atoms with Gasteiger partial charge in [-0.15, -0.1) is 0 Å². The molecule has 0 amide bonds. The molecule has 2 N–H and O–H groups in total. The van der Waals surface area contributed by atoms with Gasteiger partial charge in [-0.25, -0.2) is 4.98 Å². The Morgan fingerprint density at radius 1 is 1.30 bits per heavy atom. The van der Waals surface area contributed by atoms with Crippen molar-refractivity contribution in [2.75, 3.05) is 5.73 Å². The van der Waals surface area contributed by atoms with Gasteiger partial charge in [-0.05, 0) is 22.0 Å². The molecule has 9 heteroatoms.